The van der Waals surface area contributed by atoms with Crippen molar-refractivity contribution in [1.29, 1.82) is 0 Å². The Labute approximate surface area is 119 Å². The Hall–Kier alpha value is -1.38. The van der Waals surface area contributed by atoms with Crippen LogP contribution in [0.3, 0.4) is 0 Å². The molecule has 0 aliphatic rings. The maximum absolute atomic E-state index is 6.16. The fraction of sp³-hybridized carbons (Fsp3) is 0. The van der Waals surface area contributed by atoms with Crippen LogP contribution in [0, 0.1) is 0 Å². The smallest absolute Gasteiger partial charge is 0.136 e. The fourth-order valence-electron chi connectivity index (χ4n) is 1.99. The van der Waals surface area contributed by atoms with E-state index >= 15 is 0 Å². The molecule has 18 heavy (non-hydrogen) atoms. The molecule has 0 saturated heterocycles. The Morgan fingerprint density at radius 1 is 0.889 bits per heavy atom. The zero-order chi connectivity index (χ0) is 12.5. The van der Waals surface area contributed by atoms with Gasteiger partial charge in [-0.2, -0.15) is 0 Å². The molecule has 0 aliphatic heterocycles. The highest BCUT2D eigenvalue weighted by Crippen LogP contribution is 2.31. The average molecular weight is 319 g/mol. The second kappa shape index (κ2) is 4.71. The van der Waals surface area contributed by atoms with Crippen LogP contribution in [-0.4, -0.2) is 4.98 Å². The summed E-state index contributed by atoms with van der Waals surface area (Å²) < 4.78 is 0.960. The average Bonchev–Trinajstić information content (AvgIpc) is 2.44. The number of pyridine rings is 1. The minimum Gasteiger partial charge on any atom is -0.243 e. The Kier molecular flexibility index (Phi) is 3.06. The van der Waals surface area contributed by atoms with Gasteiger partial charge in [0.05, 0.1) is 0 Å². The molecular formula is C15H9BrClN. The maximum Gasteiger partial charge on any atom is 0.136 e. The second-order valence-corrected chi connectivity index (χ2v) is 5.24. The van der Waals surface area contributed by atoms with Crippen LogP contribution in [0.4, 0.5) is 0 Å². The number of nitrogens with zero attached hydrogens (tertiary/aromatic N) is 1. The number of fused-ring (bicyclic) bond motifs is 1. The van der Waals surface area contributed by atoms with Crippen LogP contribution in [-0.2, 0) is 0 Å². The molecule has 0 amide bonds. The van der Waals surface area contributed by atoms with E-state index in [-0.39, 0.29) is 0 Å². The molecule has 2 aromatic carbocycles. The lowest BCUT2D eigenvalue weighted by atomic mass is 10.0. The van der Waals surface area contributed by atoms with E-state index < -0.39 is 0 Å². The summed E-state index contributed by atoms with van der Waals surface area (Å²) in [7, 11) is 0. The molecule has 3 aromatic rings. The standard InChI is InChI=1S/C15H9BrClN/c16-14-9-18-15(17)13-8-11(6-7-12(13)14)10-4-2-1-3-5-10/h1-9H. The molecule has 0 spiro atoms. The van der Waals surface area contributed by atoms with Crippen LogP contribution in [0.1, 0.15) is 0 Å². The van der Waals surface area contributed by atoms with Gasteiger partial charge in [0, 0.05) is 21.4 Å². The van der Waals surface area contributed by atoms with Crippen molar-refractivity contribution >= 4 is 38.3 Å². The molecule has 0 aliphatic carbocycles. The third-order valence-corrected chi connectivity index (χ3v) is 3.83. The predicted molar refractivity (Wildman–Crippen MR) is 79.9 cm³/mol. The molecule has 0 radical (unpaired) electrons. The van der Waals surface area contributed by atoms with E-state index in [0.717, 1.165) is 20.8 Å². The zero-order valence-corrected chi connectivity index (χ0v) is 11.7. The van der Waals surface area contributed by atoms with Gasteiger partial charge >= 0.3 is 0 Å². The van der Waals surface area contributed by atoms with Crippen LogP contribution in [0.2, 0.25) is 5.15 Å². The lowest BCUT2D eigenvalue weighted by Gasteiger charge is -2.06. The second-order valence-electron chi connectivity index (χ2n) is 4.02. The predicted octanol–water partition coefficient (Wildman–Crippen LogP) is 5.32. The van der Waals surface area contributed by atoms with Crippen LogP contribution < -0.4 is 0 Å². The summed E-state index contributed by atoms with van der Waals surface area (Å²) in [6.45, 7) is 0. The molecular weight excluding hydrogens is 310 g/mol. The molecule has 1 nitrogen and oxygen atoms in total. The monoisotopic (exact) mass is 317 g/mol. The first-order valence-corrected chi connectivity index (χ1v) is 6.72. The van der Waals surface area contributed by atoms with E-state index in [1.165, 1.54) is 5.56 Å². The number of aromatic nitrogens is 1. The molecule has 0 bridgehead atoms. The third-order valence-electron chi connectivity index (χ3n) is 2.90. The van der Waals surface area contributed by atoms with Gasteiger partial charge in [0.1, 0.15) is 5.15 Å². The fourth-order valence-corrected chi connectivity index (χ4v) is 2.64. The van der Waals surface area contributed by atoms with Crippen molar-refractivity contribution < 1.29 is 0 Å². The molecule has 0 saturated carbocycles. The van der Waals surface area contributed by atoms with Crippen molar-refractivity contribution in [1.82, 2.24) is 4.98 Å². The van der Waals surface area contributed by atoms with E-state index in [2.05, 4.69) is 51.2 Å². The normalized spacial score (nSPS) is 10.8. The van der Waals surface area contributed by atoms with E-state index in [0.29, 0.717) is 5.15 Å². The topological polar surface area (TPSA) is 12.9 Å². The van der Waals surface area contributed by atoms with Gasteiger partial charge in [0.2, 0.25) is 0 Å². The first-order valence-electron chi connectivity index (χ1n) is 5.55. The summed E-state index contributed by atoms with van der Waals surface area (Å²) >= 11 is 9.65. The Morgan fingerprint density at radius 2 is 1.67 bits per heavy atom. The van der Waals surface area contributed by atoms with E-state index in [9.17, 15) is 0 Å². The van der Waals surface area contributed by atoms with Gasteiger partial charge < -0.3 is 0 Å². The molecule has 1 aromatic heterocycles. The third kappa shape index (κ3) is 2.02. The van der Waals surface area contributed by atoms with Gasteiger partial charge in [0.15, 0.2) is 0 Å². The first kappa shape index (κ1) is 11.7. The number of halogens is 2. The van der Waals surface area contributed by atoms with Crippen LogP contribution in [0.15, 0.2) is 59.2 Å². The molecule has 0 fully saturated rings. The lowest BCUT2D eigenvalue weighted by Crippen LogP contribution is -1.83. The van der Waals surface area contributed by atoms with Gasteiger partial charge in [-0.1, -0.05) is 54.1 Å². The highest BCUT2D eigenvalue weighted by atomic mass is 79.9. The highest BCUT2D eigenvalue weighted by Gasteiger charge is 2.06. The summed E-state index contributed by atoms with van der Waals surface area (Å²) in [5.74, 6) is 0. The summed E-state index contributed by atoms with van der Waals surface area (Å²) in [6, 6.07) is 16.5. The van der Waals surface area contributed by atoms with Gasteiger partial charge in [-0.3, -0.25) is 0 Å². The molecule has 3 rings (SSSR count). The van der Waals surface area contributed by atoms with Crippen LogP contribution in [0.25, 0.3) is 21.9 Å². The minimum absolute atomic E-state index is 0.533. The van der Waals surface area contributed by atoms with Crippen molar-refractivity contribution in [3.05, 3.63) is 64.4 Å². The summed E-state index contributed by atoms with van der Waals surface area (Å²) in [5, 5.41) is 2.58. The minimum atomic E-state index is 0.533. The largest absolute Gasteiger partial charge is 0.243 e. The Morgan fingerprint density at radius 3 is 2.44 bits per heavy atom. The van der Waals surface area contributed by atoms with Crippen molar-refractivity contribution in [3.8, 4) is 11.1 Å². The molecule has 88 valence electrons. The Bertz CT molecular complexity index is 710. The van der Waals surface area contributed by atoms with Crippen molar-refractivity contribution in [2.24, 2.45) is 0 Å². The van der Waals surface area contributed by atoms with Crippen molar-refractivity contribution in [2.75, 3.05) is 0 Å². The van der Waals surface area contributed by atoms with E-state index in [1.807, 2.05) is 18.2 Å². The highest BCUT2D eigenvalue weighted by molar-refractivity contribution is 9.10. The zero-order valence-electron chi connectivity index (χ0n) is 9.40. The van der Waals surface area contributed by atoms with Crippen molar-refractivity contribution in [2.45, 2.75) is 0 Å². The van der Waals surface area contributed by atoms with E-state index in [1.54, 1.807) is 6.20 Å². The quantitative estimate of drug-likeness (QED) is 0.553. The summed E-state index contributed by atoms with van der Waals surface area (Å²) in [4.78, 5) is 4.16. The number of hydrogen-bond donors (Lipinski definition) is 0. The van der Waals surface area contributed by atoms with Gasteiger partial charge in [-0.15, -0.1) is 0 Å². The number of hydrogen-bond acceptors (Lipinski definition) is 1. The van der Waals surface area contributed by atoms with Crippen LogP contribution in [0.5, 0.6) is 0 Å². The molecule has 0 N–H and O–H groups in total. The molecule has 3 heteroatoms. The van der Waals surface area contributed by atoms with Crippen molar-refractivity contribution in [3.63, 3.8) is 0 Å². The van der Waals surface area contributed by atoms with Crippen LogP contribution >= 0.6 is 27.5 Å². The summed E-state index contributed by atoms with van der Waals surface area (Å²) in [5.41, 5.74) is 2.32. The first-order chi connectivity index (χ1) is 8.75. The Balaban J connectivity index is 2.26. The van der Waals surface area contributed by atoms with Gasteiger partial charge in [-0.05, 0) is 33.1 Å². The number of benzene rings is 2. The van der Waals surface area contributed by atoms with Gasteiger partial charge in [0.25, 0.3) is 0 Å². The molecule has 0 atom stereocenters. The molecule has 0 unspecified atom stereocenters. The lowest BCUT2D eigenvalue weighted by molar-refractivity contribution is 1.35. The maximum atomic E-state index is 6.16. The van der Waals surface area contributed by atoms with E-state index in [4.69, 9.17) is 11.6 Å². The summed E-state index contributed by atoms with van der Waals surface area (Å²) in [6.07, 6.45) is 1.73. The van der Waals surface area contributed by atoms with Gasteiger partial charge in [-0.25, -0.2) is 4.98 Å². The number of rotatable bonds is 1. The SMILES string of the molecule is Clc1ncc(Br)c2ccc(-c3ccccc3)cc12. The molecule has 1 heterocycles.